The second kappa shape index (κ2) is 6.23. The van der Waals surface area contributed by atoms with Gasteiger partial charge in [0.15, 0.2) is 10.1 Å². The summed E-state index contributed by atoms with van der Waals surface area (Å²) in [6, 6.07) is 6.33. The Hall–Kier alpha value is -2.61. The molecular formula is C13H11N3O4S. The average Bonchev–Trinajstić information content (AvgIpc) is 2.78. The van der Waals surface area contributed by atoms with Crippen LogP contribution < -0.4 is 10.1 Å². The summed E-state index contributed by atoms with van der Waals surface area (Å²) in [6.45, 7) is 2.87. The summed E-state index contributed by atoms with van der Waals surface area (Å²) in [5.41, 5.74) is 0.639. The van der Waals surface area contributed by atoms with Gasteiger partial charge in [0.1, 0.15) is 5.75 Å². The van der Waals surface area contributed by atoms with Gasteiger partial charge in [0.25, 0.3) is 5.91 Å². The summed E-state index contributed by atoms with van der Waals surface area (Å²) in [5.74, 6) is -0.852. The van der Waals surface area contributed by atoms with E-state index in [2.05, 4.69) is 15.5 Å². The molecule has 2 rings (SSSR count). The highest BCUT2D eigenvalue weighted by Crippen LogP contribution is 2.31. The van der Waals surface area contributed by atoms with E-state index in [4.69, 9.17) is 4.74 Å². The lowest BCUT2D eigenvalue weighted by atomic mass is 10.2. The Labute approximate surface area is 123 Å². The molecule has 0 radical (unpaired) electrons. The van der Waals surface area contributed by atoms with Crippen LogP contribution in [0.1, 0.15) is 23.0 Å². The van der Waals surface area contributed by atoms with Crippen LogP contribution in [0.25, 0.3) is 0 Å². The van der Waals surface area contributed by atoms with Gasteiger partial charge in [0.05, 0.1) is 11.3 Å². The van der Waals surface area contributed by atoms with Gasteiger partial charge in [0.2, 0.25) is 0 Å². The highest BCUT2D eigenvalue weighted by atomic mass is 32.1. The van der Waals surface area contributed by atoms with Gasteiger partial charge in [0, 0.05) is 6.92 Å². The number of hydrogen-bond donors (Lipinski definition) is 1. The highest BCUT2D eigenvalue weighted by molar-refractivity contribution is 7.19. The number of aryl methyl sites for hydroxylation is 1. The molecule has 8 heteroatoms. The smallest absolute Gasteiger partial charge is 0.308 e. The molecule has 0 spiro atoms. The fraction of sp³-hybridized carbons (Fsp3) is 0.154. The Kier molecular flexibility index (Phi) is 4.39. The molecule has 0 saturated heterocycles. The lowest BCUT2D eigenvalue weighted by molar-refractivity contribution is -0.131. The van der Waals surface area contributed by atoms with Crippen molar-refractivity contribution in [3.8, 4) is 5.75 Å². The van der Waals surface area contributed by atoms with Crippen LogP contribution in [0.4, 0.5) is 10.1 Å². The van der Waals surface area contributed by atoms with Gasteiger partial charge >= 0.3 is 5.97 Å². The SMILES string of the molecule is CC(=O)Oc1ccccc1C(=O)Nc1nc(C)c(N=O)s1. The maximum absolute atomic E-state index is 12.2. The van der Waals surface area contributed by atoms with Gasteiger partial charge in [-0.05, 0) is 24.2 Å². The molecule has 1 amide bonds. The molecule has 0 aliphatic heterocycles. The van der Waals surface area contributed by atoms with Gasteiger partial charge in [-0.2, -0.15) is 0 Å². The number of esters is 1. The Morgan fingerprint density at radius 1 is 1.33 bits per heavy atom. The first-order valence-corrected chi connectivity index (χ1v) is 6.72. The first-order valence-electron chi connectivity index (χ1n) is 5.91. The van der Waals surface area contributed by atoms with E-state index in [0.717, 1.165) is 11.3 Å². The minimum Gasteiger partial charge on any atom is -0.426 e. The molecule has 1 heterocycles. The van der Waals surface area contributed by atoms with Crippen LogP contribution in [0.5, 0.6) is 5.75 Å². The van der Waals surface area contributed by atoms with E-state index in [0.29, 0.717) is 5.69 Å². The number of para-hydroxylation sites is 1. The number of thiazole rings is 1. The van der Waals surface area contributed by atoms with E-state index in [1.165, 1.54) is 19.1 Å². The number of amides is 1. The van der Waals surface area contributed by atoms with Crippen LogP contribution in [-0.4, -0.2) is 16.9 Å². The summed E-state index contributed by atoms with van der Waals surface area (Å²) in [4.78, 5) is 37.7. The summed E-state index contributed by atoms with van der Waals surface area (Å²) in [7, 11) is 0. The topological polar surface area (TPSA) is 97.7 Å². The van der Waals surface area contributed by atoms with E-state index >= 15 is 0 Å². The predicted octanol–water partition coefficient (Wildman–Crippen LogP) is 3.03. The number of carbonyl (C=O) groups is 2. The van der Waals surface area contributed by atoms with E-state index < -0.39 is 11.9 Å². The first kappa shape index (κ1) is 14.8. The van der Waals surface area contributed by atoms with Crippen LogP contribution in [0.2, 0.25) is 0 Å². The number of rotatable bonds is 4. The van der Waals surface area contributed by atoms with Crippen LogP contribution in [0.3, 0.4) is 0 Å². The van der Waals surface area contributed by atoms with Crippen LogP contribution in [0, 0.1) is 11.8 Å². The zero-order valence-electron chi connectivity index (χ0n) is 11.2. The fourth-order valence-corrected chi connectivity index (χ4v) is 2.33. The zero-order chi connectivity index (χ0) is 15.4. The maximum atomic E-state index is 12.2. The van der Waals surface area contributed by atoms with Gasteiger partial charge in [-0.15, -0.1) is 4.91 Å². The quantitative estimate of drug-likeness (QED) is 0.532. The molecule has 0 atom stereocenters. The number of nitrogens with zero attached hydrogens (tertiary/aromatic N) is 2. The summed E-state index contributed by atoms with van der Waals surface area (Å²) in [5, 5.41) is 5.82. The normalized spacial score (nSPS) is 10.0. The van der Waals surface area contributed by atoms with E-state index in [1.807, 2.05) is 0 Å². The van der Waals surface area contributed by atoms with Crippen molar-refractivity contribution in [3.05, 3.63) is 40.4 Å². The predicted molar refractivity (Wildman–Crippen MR) is 78.0 cm³/mol. The van der Waals surface area contributed by atoms with Crippen molar-refractivity contribution in [2.75, 3.05) is 5.32 Å². The highest BCUT2D eigenvalue weighted by Gasteiger charge is 2.16. The molecule has 1 aromatic heterocycles. The Bertz CT molecular complexity index is 711. The molecule has 0 bridgehead atoms. The molecule has 7 nitrogen and oxygen atoms in total. The van der Waals surface area contributed by atoms with Crippen molar-refractivity contribution in [3.63, 3.8) is 0 Å². The van der Waals surface area contributed by atoms with Crippen molar-refractivity contribution in [2.24, 2.45) is 5.18 Å². The third kappa shape index (κ3) is 3.48. The average molecular weight is 305 g/mol. The van der Waals surface area contributed by atoms with Crippen molar-refractivity contribution in [1.29, 1.82) is 0 Å². The number of hydrogen-bond acceptors (Lipinski definition) is 7. The molecule has 108 valence electrons. The number of nitroso groups, excluding NO2 is 1. The van der Waals surface area contributed by atoms with E-state index in [1.54, 1.807) is 19.1 Å². The van der Waals surface area contributed by atoms with Gasteiger partial charge < -0.3 is 4.74 Å². The first-order chi connectivity index (χ1) is 10.0. The van der Waals surface area contributed by atoms with Gasteiger partial charge in [-0.1, -0.05) is 23.5 Å². The third-order valence-corrected chi connectivity index (χ3v) is 3.41. The summed E-state index contributed by atoms with van der Waals surface area (Å²) >= 11 is 0.972. The molecule has 0 unspecified atom stereocenters. The molecule has 0 aliphatic rings. The lowest BCUT2D eigenvalue weighted by Crippen LogP contribution is -2.14. The van der Waals surface area contributed by atoms with Crippen molar-refractivity contribution >= 4 is 33.3 Å². The van der Waals surface area contributed by atoms with E-state index in [-0.39, 0.29) is 21.4 Å². The van der Waals surface area contributed by atoms with Gasteiger partial charge in [-0.3, -0.25) is 14.9 Å². The zero-order valence-corrected chi connectivity index (χ0v) is 12.1. The van der Waals surface area contributed by atoms with Crippen molar-refractivity contribution in [2.45, 2.75) is 13.8 Å². The summed E-state index contributed by atoms with van der Waals surface area (Å²) in [6.07, 6.45) is 0. The van der Waals surface area contributed by atoms with Crippen LogP contribution in [-0.2, 0) is 4.79 Å². The molecule has 2 aromatic rings. The van der Waals surface area contributed by atoms with Crippen molar-refractivity contribution < 1.29 is 14.3 Å². The number of anilines is 1. The van der Waals surface area contributed by atoms with Crippen molar-refractivity contribution in [1.82, 2.24) is 4.98 Å². The Balaban J connectivity index is 2.23. The summed E-state index contributed by atoms with van der Waals surface area (Å²) < 4.78 is 4.97. The molecule has 1 N–H and O–H groups in total. The van der Waals surface area contributed by atoms with E-state index in [9.17, 15) is 14.5 Å². The molecule has 0 fully saturated rings. The Morgan fingerprint density at radius 3 is 2.67 bits per heavy atom. The third-order valence-electron chi connectivity index (χ3n) is 2.46. The van der Waals surface area contributed by atoms with Gasteiger partial charge in [-0.25, -0.2) is 4.98 Å². The number of ether oxygens (including phenoxy) is 1. The second-order valence-electron chi connectivity index (χ2n) is 4.04. The van der Waals surface area contributed by atoms with Crippen LogP contribution in [0.15, 0.2) is 29.4 Å². The number of benzene rings is 1. The Morgan fingerprint density at radius 2 is 2.05 bits per heavy atom. The van der Waals surface area contributed by atoms with Crippen LogP contribution >= 0.6 is 11.3 Å². The number of nitrogens with one attached hydrogen (secondary N) is 1. The standard InChI is InChI=1S/C13H11N3O4S/c1-7-12(16-19)21-13(14-7)15-11(18)9-5-3-4-6-10(9)20-8(2)17/h3-6H,1-2H3,(H,14,15,18). The number of carbonyl (C=O) groups excluding carboxylic acids is 2. The molecule has 0 saturated carbocycles. The number of aromatic nitrogens is 1. The maximum Gasteiger partial charge on any atom is 0.308 e. The largest absolute Gasteiger partial charge is 0.426 e. The fourth-order valence-electron chi connectivity index (χ4n) is 1.59. The monoisotopic (exact) mass is 305 g/mol. The molecular weight excluding hydrogens is 294 g/mol. The molecule has 21 heavy (non-hydrogen) atoms. The minimum absolute atomic E-state index is 0.157. The minimum atomic E-state index is -0.521. The second-order valence-corrected chi connectivity index (χ2v) is 5.02. The molecule has 0 aliphatic carbocycles. The lowest BCUT2D eigenvalue weighted by Gasteiger charge is -2.07. The molecule has 1 aromatic carbocycles.